The zero-order chi connectivity index (χ0) is 19.4. The molecular formula is C19H18FNO6. The van der Waals surface area contributed by atoms with Crippen LogP contribution in [-0.4, -0.2) is 53.2 Å². The molecule has 8 heteroatoms. The van der Waals surface area contributed by atoms with Crippen LogP contribution in [0.3, 0.4) is 0 Å². The number of hydrogen-bond acceptors (Lipinski definition) is 6. The van der Waals surface area contributed by atoms with Crippen LogP contribution in [0.2, 0.25) is 0 Å². The van der Waals surface area contributed by atoms with Crippen LogP contribution in [0, 0.1) is 5.82 Å². The second kappa shape index (κ2) is 8.15. The molecular weight excluding hydrogens is 357 g/mol. The first-order valence-corrected chi connectivity index (χ1v) is 8.31. The molecule has 27 heavy (non-hydrogen) atoms. The average molecular weight is 375 g/mol. The van der Waals surface area contributed by atoms with Gasteiger partial charge in [0.25, 0.3) is 5.91 Å². The minimum Gasteiger partial charge on any atom is -0.503 e. The SMILES string of the molecule is O=C(C1=C(O)C(=O)N(CCOCCO)[C@@H]1c1ccccc1F)c1ccco1. The van der Waals surface area contributed by atoms with Gasteiger partial charge in [-0.1, -0.05) is 18.2 Å². The Balaban J connectivity index is 2.00. The van der Waals surface area contributed by atoms with Crippen molar-refractivity contribution in [1.82, 2.24) is 4.90 Å². The average Bonchev–Trinajstić information content (AvgIpc) is 3.28. The Bertz CT molecular complexity index is 861. The lowest BCUT2D eigenvalue weighted by molar-refractivity contribution is -0.130. The van der Waals surface area contributed by atoms with Crippen molar-refractivity contribution >= 4 is 11.7 Å². The molecule has 2 heterocycles. The zero-order valence-electron chi connectivity index (χ0n) is 14.3. The molecule has 1 aliphatic heterocycles. The van der Waals surface area contributed by atoms with Crippen molar-refractivity contribution in [1.29, 1.82) is 0 Å². The highest BCUT2D eigenvalue weighted by molar-refractivity contribution is 6.15. The Hall–Kier alpha value is -2.97. The molecule has 0 radical (unpaired) electrons. The molecule has 0 fully saturated rings. The third-order valence-electron chi connectivity index (χ3n) is 4.21. The minimum absolute atomic E-state index is 0.00315. The van der Waals surface area contributed by atoms with Crippen LogP contribution in [0.25, 0.3) is 0 Å². The van der Waals surface area contributed by atoms with E-state index in [1.165, 1.54) is 41.5 Å². The largest absolute Gasteiger partial charge is 0.503 e. The number of halogens is 1. The summed E-state index contributed by atoms with van der Waals surface area (Å²) >= 11 is 0. The van der Waals surface area contributed by atoms with Gasteiger partial charge >= 0.3 is 0 Å². The van der Waals surface area contributed by atoms with E-state index < -0.39 is 29.3 Å². The van der Waals surface area contributed by atoms with Gasteiger partial charge in [-0.2, -0.15) is 0 Å². The van der Waals surface area contributed by atoms with E-state index in [1.54, 1.807) is 6.07 Å². The van der Waals surface area contributed by atoms with E-state index >= 15 is 0 Å². The fourth-order valence-electron chi connectivity index (χ4n) is 3.01. The molecule has 0 spiro atoms. The van der Waals surface area contributed by atoms with Gasteiger partial charge in [0.05, 0.1) is 37.7 Å². The second-order valence-electron chi connectivity index (χ2n) is 5.83. The van der Waals surface area contributed by atoms with E-state index in [4.69, 9.17) is 14.3 Å². The lowest BCUT2D eigenvalue weighted by atomic mass is 9.94. The Labute approximate surface area is 154 Å². The number of nitrogens with zero attached hydrogens (tertiary/aromatic N) is 1. The summed E-state index contributed by atoms with van der Waals surface area (Å²) in [6.07, 6.45) is 1.29. The van der Waals surface area contributed by atoms with Crippen molar-refractivity contribution in [2.24, 2.45) is 0 Å². The molecule has 1 atom stereocenters. The van der Waals surface area contributed by atoms with E-state index in [2.05, 4.69) is 0 Å². The Morgan fingerprint density at radius 1 is 1.22 bits per heavy atom. The summed E-state index contributed by atoms with van der Waals surface area (Å²) in [6.45, 7) is -0.0655. The molecule has 2 N–H and O–H groups in total. The van der Waals surface area contributed by atoms with Crippen LogP contribution in [0.4, 0.5) is 4.39 Å². The highest BCUT2D eigenvalue weighted by Crippen LogP contribution is 2.39. The van der Waals surface area contributed by atoms with Gasteiger partial charge in [-0.15, -0.1) is 0 Å². The van der Waals surface area contributed by atoms with Gasteiger partial charge in [0.1, 0.15) is 5.82 Å². The number of benzene rings is 1. The standard InChI is InChI=1S/C19H18FNO6/c20-13-5-2-1-4-12(13)16-15(17(23)14-6-3-9-27-14)18(24)19(25)21(16)7-10-26-11-8-22/h1-6,9,16,22,24H,7-8,10-11H2/t16-/m1/s1. The summed E-state index contributed by atoms with van der Waals surface area (Å²) < 4.78 is 24.7. The number of carbonyl (C=O) groups is 2. The smallest absolute Gasteiger partial charge is 0.290 e. The summed E-state index contributed by atoms with van der Waals surface area (Å²) in [6, 6.07) is 7.51. The highest BCUT2D eigenvalue weighted by Gasteiger charge is 2.45. The zero-order valence-corrected chi connectivity index (χ0v) is 14.3. The molecule has 7 nitrogen and oxygen atoms in total. The molecule has 0 bridgehead atoms. The molecule has 2 aromatic rings. The van der Waals surface area contributed by atoms with Gasteiger partial charge in [-0.05, 0) is 18.2 Å². The maximum Gasteiger partial charge on any atom is 0.290 e. The summed E-state index contributed by atoms with van der Waals surface area (Å²) in [7, 11) is 0. The quantitative estimate of drug-likeness (QED) is 0.541. The summed E-state index contributed by atoms with van der Waals surface area (Å²) in [5.41, 5.74) is -0.172. The van der Waals surface area contributed by atoms with E-state index in [0.717, 1.165) is 0 Å². The number of carbonyl (C=O) groups excluding carboxylic acids is 2. The van der Waals surface area contributed by atoms with Crippen LogP contribution < -0.4 is 0 Å². The Morgan fingerprint density at radius 2 is 2.00 bits per heavy atom. The number of amides is 1. The fraction of sp³-hybridized carbons (Fsp3) is 0.263. The first-order chi connectivity index (χ1) is 13.1. The molecule has 142 valence electrons. The van der Waals surface area contributed by atoms with Gasteiger partial charge in [0, 0.05) is 12.1 Å². The van der Waals surface area contributed by atoms with Gasteiger partial charge in [-0.3, -0.25) is 9.59 Å². The van der Waals surface area contributed by atoms with Gasteiger partial charge in [-0.25, -0.2) is 4.39 Å². The maximum atomic E-state index is 14.4. The number of rotatable bonds is 8. The molecule has 0 unspecified atom stereocenters. The number of ketones is 1. The first kappa shape index (κ1) is 18.8. The predicted octanol–water partition coefficient (Wildman–Crippen LogP) is 2.01. The molecule has 1 aromatic carbocycles. The van der Waals surface area contributed by atoms with Crippen LogP contribution >= 0.6 is 0 Å². The number of furan rings is 1. The fourth-order valence-corrected chi connectivity index (χ4v) is 3.01. The summed E-state index contributed by atoms with van der Waals surface area (Å²) in [5, 5.41) is 19.1. The van der Waals surface area contributed by atoms with Crippen LogP contribution in [-0.2, 0) is 9.53 Å². The number of aliphatic hydroxyl groups is 2. The molecule has 0 saturated carbocycles. The van der Waals surface area contributed by atoms with Crippen LogP contribution in [0.5, 0.6) is 0 Å². The highest BCUT2D eigenvalue weighted by atomic mass is 19.1. The lowest BCUT2D eigenvalue weighted by Gasteiger charge is -2.26. The van der Waals surface area contributed by atoms with Crippen LogP contribution in [0.1, 0.15) is 22.2 Å². The van der Waals surface area contributed by atoms with E-state index in [0.29, 0.717) is 0 Å². The number of aliphatic hydroxyl groups excluding tert-OH is 2. The van der Waals surface area contributed by atoms with E-state index in [1.807, 2.05) is 0 Å². The van der Waals surface area contributed by atoms with Crippen molar-refractivity contribution in [2.75, 3.05) is 26.4 Å². The molecule has 0 saturated heterocycles. The molecule has 3 rings (SSSR count). The summed E-state index contributed by atoms with van der Waals surface area (Å²) in [5.74, 6) is -2.92. The first-order valence-electron chi connectivity index (χ1n) is 8.31. The topological polar surface area (TPSA) is 100 Å². The van der Waals surface area contributed by atoms with Crippen molar-refractivity contribution in [3.05, 3.63) is 71.1 Å². The Morgan fingerprint density at radius 3 is 2.67 bits per heavy atom. The van der Waals surface area contributed by atoms with E-state index in [9.17, 15) is 19.1 Å². The van der Waals surface area contributed by atoms with Gasteiger partial charge in [0.15, 0.2) is 11.5 Å². The van der Waals surface area contributed by atoms with Crippen molar-refractivity contribution < 1.29 is 33.3 Å². The number of hydrogen-bond donors (Lipinski definition) is 2. The maximum absolute atomic E-state index is 14.4. The minimum atomic E-state index is -1.12. The second-order valence-corrected chi connectivity index (χ2v) is 5.83. The number of Topliss-reactive ketones (excluding diaryl/α,β-unsaturated/α-hetero) is 1. The molecule has 0 aliphatic carbocycles. The normalized spacial score (nSPS) is 17.0. The third kappa shape index (κ3) is 3.62. The van der Waals surface area contributed by atoms with Gasteiger partial charge in [0.2, 0.25) is 5.78 Å². The van der Waals surface area contributed by atoms with Crippen molar-refractivity contribution in [3.8, 4) is 0 Å². The summed E-state index contributed by atoms with van der Waals surface area (Å²) in [4.78, 5) is 26.5. The van der Waals surface area contributed by atoms with Gasteiger partial charge < -0.3 is 24.3 Å². The molecule has 1 aromatic heterocycles. The number of ether oxygens (including phenoxy) is 1. The van der Waals surface area contributed by atoms with Crippen molar-refractivity contribution in [3.63, 3.8) is 0 Å². The van der Waals surface area contributed by atoms with E-state index in [-0.39, 0.29) is 43.3 Å². The van der Waals surface area contributed by atoms with Crippen molar-refractivity contribution in [2.45, 2.75) is 6.04 Å². The molecule has 1 amide bonds. The monoisotopic (exact) mass is 375 g/mol. The third-order valence-corrected chi connectivity index (χ3v) is 4.21. The Kier molecular flexibility index (Phi) is 5.68. The molecule has 1 aliphatic rings. The van der Waals surface area contributed by atoms with Crippen LogP contribution in [0.15, 0.2) is 58.4 Å². The lowest BCUT2D eigenvalue weighted by Crippen LogP contribution is -2.34. The predicted molar refractivity (Wildman–Crippen MR) is 91.5 cm³/mol.